The van der Waals surface area contributed by atoms with E-state index in [4.69, 9.17) is 0 Å². The van der Waals surface area contributed by atoms with Crippen LogP contribution in [0.15, 0.2) is 159 Å². The highest BCUT2D eigenvalue weighted by atomic mass is 16.3. The van der Waals surface area contributed by atoms with Gasteiger partial charge in [-0.3, -0.25) is 9.97 Å². The number of benzene rings is 4. The van der Waals surface area contributed by atoms with E-state index in [1.165, 1.54) is 0 Å². The third-order valence-electron chi connectivity index (χ3n) is 8.97. The second-order valence-corrected chi connectivity index (χ2v) is 12.0. The smallest absolute Gasteiger partial charge is 0.177 e. The van der Waals surface area contributed by atoms with Gasteiger partial charge in [-0.15, -0.1) is 0 Å². The van der Waals surface area contributed by atoms with Crippen molar-refractivity contribution in [1.29, 1.82) is 0 Å². The van der Waals surface area contributed by atoms with Gasteiger partial charge in [0.1, 0.15) is 11.5 Å². The Kier molecular flexibility index (Phi) is 7.51. The van der Waals surface area contributed by atoms with Crippen LogP contribution in [0.25, 0.3) is 54.9 Å². The summed E-state index contributed by atoms with van der Waals surface area (Å²) in [5, 5.41) is 27.9. The first kappa shape index (κ1) is 29.0. The summed E-state index contributed by atoms with van der Waals surface area (Å²) < 4.78 is 4.11. The zero-order chi connectivity index (χ0) is 32.5. The zero-order valence-electron chi connectivity index (χ0n) is 26.1. The van der Waals surface area contributed by atoms with Crippen LogP contribution in [0.4, 0.5) is 0 Å². The average Bonchev–Trinajstić information content (AvgIpc) is 3.14. The Morgan fingerprint density at radius 3 is 1.19 bits per heavy atom. The molecule has 4 aromatic heterocycles. The molecule has 0 aliphatic carbocycles. The van der Waals surface area contributed by atoms with Crippen LogP contribution in [0.5, 0.6) is 11.5 Å². The number of phenolic OH excluding ortho intramolecular Hbond substituents is 2. The van der Waals surface area contributed by atoms with E-state index in [-0.39, 0.29) is 11.5 Å². The average molecular weight is 625 g/mol. The van der Waals surface area contributed by atoms with E-state index in [1.54, 1.807) is 24.8 Å². The highest BCUT2D eigenvalue weighted by molar-refractivity contribution is 6.10. The minimum absolute atomic E-state index is 0.159. The Morgan fingerprint density at radius 1 is 0.438 bits per heavy atom. The first-order chi connectivity index (χ1) is 23.6. The molecule has 8 aromatic rings. The van der Waals surface area contributed by atoms with Crippen LogP contribution in [-0.4, -0.2) is 20.2 Å². The molecule has 0 unspecified atom stereocenters. The van der Waals surface area contributed by atoms with Crippen molar-refractivity contribution in [1.82, 2.24) is 9.97 Å². The molecule has 2 N–H and O–H groups in total. The molecule has 0 amide bonds. The molecule has 0 saturated carbocycles. The summed E-state index contributed by atoms with van der Waals surface area (Å²) in [5.74, 6) is 0.317. The summed E-state index contributed by atoms with van der Waals surface area (Å²) in [4.78, 5) is 8.25. The highest BCUT2D eigenvalue weighted by Crippen LogP contribution is 2.47. The van der Waals surface area contributed by atoms with Crippen LogP contribution in [0, 0.1) is 0 Å². The molecule has 6 heteroatoms. The van der Waals surface area contributed by atoms with Gasteiger partial charge in [0.2, 0.25) is 0 Å². The number of hydrogen-bond donors (Lipinski definition) is 2. The molecule has 0 spiro atoms. The molecular weight excluding hydrogens is 592 g/mol. The summed E-state index contributed by atoms with van der Waals surface area (Å²) >= 11 is 0. The standard InChI is InChI=1S/C42H31N4O2/c47-41-35(27-45-21-13-31(14-22-45)29-9-17-43-18-10-29)25-33-5-1-3-7-37(33)39(41)40-38-8-4-2-6-34(38)26-36(42(40)48)28-46-23-15-32(16-24-46)30-11-19-44-20-12-30/h1-26,43H,27-28H2/q+1/p+1. The minimum atomic E-state index is 0.159. The zero-order valence-corrected chi connectivity index (χ0v) is 26.1. The lowest BCUT2D eigenvalue weighted by Gasteiger charge is -2.18. The van der Waals surface area contributed by atoms with E-state index in [0.717, 1.165) is 54.9 Å². The number of rotatable bonds is 7. The molecule has 0 atom stereocenters. The molecule has 0 bridgehead atoms. The van der Waals surface area contributed by atoms with Crippen LogP contribution in [0.3, 0.4) is 0 Å². The lowest BCUT2D eigenvalue weighted by Crippen LogP contribution is -2.33. The van der Waals surface area contributed by atoms with Crippen molar-refractivity contribution >= 4 is 21.5 Å². The number of fused-ring (bicyclic) bond motifs is 2. The molecule has 4 aromatic carbocycles. The van der Waals surface area contributed by atoms with Crippen molar-refractivity contribution in [2.24, 2.45) is 0 Å². The number of nitrogens with zero attached hydrogens (tertiary/aromatic N) is 4. The van der Waals surface area contributed by atoms with Gasteiger partial charge in [-0.1, -0.05) is 48.5 Å². The van der Waals surface area contributed by atoms with Gasteiger partial charge in [0.05, 0.1) is 11.1 Å². The first-order valence-corrected chi connectivity index (χ1v) is 15.9. The van der Waals surface area contributed by atoms with Crippen LogP contribution >= 0.6 is 0 Å². The number of hydrogen-bond acceptors (Lipinski definition) is 4. The molecule has 4 heterocycles. The van der Waals surface area contributed by atoms with E-state index in [0.29, 0.717) is 24.2 Å². The monoisotopic (exact) mass is 624 g/mol. The number of aromatic hydroxyl groups is 2. The van der Waals surface area contributed by atoms with Crippen molar-refractivity contribution in [2.45, 2.75) is 13.1 Å². The van der Waals surface area contributed by atoms with Gasteiger partial charge >= 0.3 is 0 Å². The Balaban J connectivity index is 1.23. The molecule has 48 heavy (non-hydrogen) atoms. The lowest BCUT2D eigenvalue weighted by atomic mass is 9.88. The molecular formula is C42H32N4O2+2. The second kappa shape index (κ2) is 12.4. The van der Waals surface area contributed by atoms with Gasteiger partial charge in [0, 0.05) is 60.2 Å². The fourth-order valence-electron chi connectivity index (χ4n) is 6.53. The van der Waals surface area contributed by atoms with Gasteiger partial charge in [0.15, 0.2) is 37.9 Å². The van der Waals surface area contributed by atoms with Crippen LogP contribution in [0.2, 0.25) is 0 Å². The Labute approximate surface area is 278 Å². The number of phenols is 2. The molecule has 0 radical (unpaired) electrons. The van der Waals surface area contributed by atoms with Crippen molar-refractivity contribution in [3.63, 3.8) is 0 Å². The fourth-order valence-corrected chi connectivity index (χ4v) is 6.53. The summed E-state index contributed by atoms with van der Waals surface area (Å²) in [7, 11) is 0. The van der Waals surface area contributed by atoms with Crippen molar-refractivity contribution < 1.29 is 19.3 Å². The quantitative estimate of drug-likeness (QED) is 0.177. The molecule has 8 rings (SSSR count). The van der Waals surface area contributed by atoms with E-state index < -0.39 is 0 Å². The van der Waals surface area contributed by atoms with E-state index >= 15 is 0 Å². The predicted octanol–water partition coefficient (Wildman–Crippen LogP) is 7.87. The normalized spacial score (nSPS) is 11.2. The maximum atomic E-state index is 12.1. The Hall–Kier alpha value is -6.40. The van der Waals surface area contributed by atoms with Gasteiger partial charge < -0.3 is 10.2 Å². The highest BCUT2D eigenvalue weighted by Gasteiger charge is 2.24. The lowest BCUT2D eigenvalue weighted by molar-refractivity contribution is -0.688. The summed E-state index contributed by atoms with van der Waals surface area (Å²) in [6.45, 7) is 0.913. The molecule has 0 aliphatic heterocycles. The molecule has 0 fully saturated rings. The predicted molar refractivity (Wildman–Crippen MR) is 188 cm³/mol. The van der Waals surface area contributed by atoms with Crippen molar-refractivity contribution in [2.75, 3.05) is 0 Å². The van der Waals surface area contributed by atoms with Crippen LogP contribution < -0.4 is 9.13 Å². The van der Waals surface area contributed by atoms with Crippen LogP contribution in [0.1, 0.15) is 11.1 Å². The van der Waals surface area contributed by atoms with Crippen LogP contribution in [-0.2, 0) is 13.1 Å². The van der Waals surface area contributed by atoms with Gasteiger partial charge in [0.25, 0.3) is 0 Å². The third-order valence-corrected chi connectivity index (χ3v) is 8.97. The number of pyridine rings is 4. The number of aromatic nitrogens is 4. The first-order valence-electron chi connectivity index (χ1n) is 15.9. The third kappa shape index (κ3) is 5.50. The van der Waals surface area contributed by atoms with Gasteiger partial charge in [-0.25, -0.2) is 9.13 Å². The summed E-state index contributed by atoms with van der Waals surface area (Å²) in [6, 6.07) is 36.4. The largest absolute Gasteiger partial charge is 0.507 e. The van der Waals surface area contributed by atoms with E-state index in [2.05, 4.69) is 55.5 Å². The fraction of sp³-hybridized carbons (Fsp3) is 0.0476. The maximum absolute atomic E-state index is 12.1. The maximum Gasteiger partial charge on any atom is 0.177 e. The molecule has 0 saturated heterocycles. The molecule has 230 valence electrons. The Bertz CT molecular complexity index is 2220. The summed E-state index contributed by atoms with van der Waals surface area (Å²) in [6.07, 6.45) is 15.2. The second-order valence-electron chi connectivity index (χ2n) is 12.0. The van der Waals surface area contributed by atoms with Crippen molar-refractivity contribution in [3.8, 4) is 44.9 Å². The molecule has 6 nitrogen and oxygen atoms in total. The summed E-state index contributed by atoms with van der Waals surface area (Å²) in [5.41, 5.74) is 7.17. The Morgan fingerprint density at radius 2 is 0.792 bits per heavy atom. The van der Waals surface area contributed by atoms with Gasteiger partial charge in [-0.2, -0.15) is 0 Å². The SMILES string of the molecule is Oc1c(C[n+]2ccc(-c3ccncc3)cc2)cc2ccccc2c1-c1c(O)c(C[n+]2ccc(-c3ccncc3)cc2)cc2ccccc12. The van der Waals surface area contributed by atoms with Gasteiger partial charge in [-0.05, 0) is 80.2 Å². The van der Waals surface area contributed by atoms with E-state index in [1.807, 2.05) is 97.6 Å². The van der Waals surface area contributed by atoms with Crippen molar-refractivity contribution in [3.05, 3.63) is 170 Å². The minimum Gasteiger partial charge on any atom is -0.507 e. The topological polar surface area (TPSA) is 74.0 Å². The van der Waals surface area contributed by atoms with E-state index in [9.17, 15) is 10.2 Å². The molecule has 0 aliphatic rings.